The van der Waals surface area contributed by atoms with E-state index in [0.29, 0.717) is 19.6 Å². The summed E-state index contributed by atoms with van der Waals surface area (Å²) in [7, 11) is 0. The Bertz CT molecular complexity index is 1040. The van der Waals surface area contributed by atoms with E-state index in [9.17, 15) is 10.2 Å². The van der Waals surface area contributed by atoms with Crippen LogP contribution < -0.4 is 4.90 Å². The Kier molecular flexibility index (Phi) is 6.79. The molecule has 2 fully saturated rings. The lowest BCUT2D eigenvalue weighted by atomic mass is 10.2. The van der Waals surface area contributed by atoms with E-state index in [2.05, 4.69) is 41.8 Å². The molecule has 2 aromatic heterocycles. The number of aromatic nitrogens is 4. The fourth-order valence-corrected chi connectivity index (χ4v) is 4.72. The van der Waals surface area contributed by atoms with Gasteiger partial charge in [-0.2, -0.15) is 0 Å². The van der Waals surface area contributed by atoms with Crippen LogP contribution in [0, 0.1) is 0 Å². The molecule has 2 saturated heterocycles. The summed E-state index contributed by atoms with van der Waals surface area (Å²) in [5.41, 5.74) is 2.73. The highest BCUT2D eigenvalue weighted by molar-refractivity contribution is 5.83. The van der Waals surface area contributed by atoms with Crippen LogP contribution in [-0.4, -0.2) is 105 Å². The van der Waals surface area contributed by atoms with Crippen molar-refractivity contribution in [2.75, 3.05) is 63.9 Å². The number of piperazine rings is 1. The maximum absolute atomic E-state index is 9.85. The van der Waals surface area contributed by atoms with Gasteiger partial charge in [-0.15, -0.1) is 0 Å². The lowest BCUT2D eigenvalue weighted by Crippen LogP contribution is -2.47. The summed E-state index contributed by atoms with van der Waals surface area (Å²) in [5.74, 6) is 0.832. The van der Waals surface area contributed by atoms with Gasteiger partial charge in [0.1, 0.15) is 12.6 Å². The molecular formula is C23H31N7O3. The molecule has 0 unspecified atom stereocenters. The van der Waals surface area contributed by atoms with Crippen LogP contribution in [0.2, 0.25) is 0 Å². The predicted molar refractivity (Wildman–Crippen MR) is 124 cm³/mol. The Morgan fingerprint density at radius 3 is 2.52 bits per heavy atom. The second-order valence-corrected chi connectivity index (χ2v) is 8.65. The monoisotopic (exact) mass is 453 g/mol. The molecule has 0 bridgehead atoms. The SMILES string of the molecule is OCCN1CCN(c2ncnc3c2ncn3[C@H]2CN(Cc3ccccc3)C[C@@H](CO)O2)CC1. The maximum atomic E-state index is 9.85. The van der Waals surface area contributed by atoms with Crippen molar-refractivity contribution in [3.63, 3.8) is 0 Å². The minimum Gasteiger partial charge on any atom is -0.395 e. The van der Waals surface area contributed by atoms with Crippen LogP contribution in [0.25, 0.3) is 11.2 Å². The fraction of sp³-hybridized carbons (Fsp3) is 0.522. The third-order valence-corrected chi connectivity index (χ3v) is 6.42. The van der Waals surface area contributed by atoms with Gasteiger partial charge in [-0.25, -0.2) is 15.0 Å². The maximum Gasteiger partial charge on any atom is 0.167 e. The molecule has 2 N–H and O–H groups in total. The van der Waals surface area contributed by atoms with Crippen molar-refractivity contribution >= 4 is 17.0 Å². The van der Waals surface area contributed by atoms with Crippen LogP contribution in [0.4, 0.5) is 5.82 Å². The van der Waals surface area contributed by atoms with E-state index in [0.717, 1.165) is 49.7 Å². The van der Waals surface area contributed by atoms with Gasteiger partial charge in [0.05, 0.1) is 25.6 Å². The van der Waals surface area contributed by atoms with Crippen LogP contribution in [0.3, 0.4) is 0 Å². The zero-order chi connectivity index (χ0) is 22.6. The molecule has 0 radical (unpaired) electrons. The van der Waals surface area contributed by atoms with Crippen molar-refractivity contribution in [3.8, 4) is 0 Å². The number of aliphatic hydroxyl groups excluding tert-OH is 2. The molecule has 176 valence electrons. The summed E-state index contributed by atoms with van der Waals surface area (Å²) in [4.78, 5) is 20.5. The number of nitrogens with zero attached hydrogens (tertiary/aromatic N) is 7. The van der Waals surface area contributed by atoms with Crippen LogP contribution in [0.15, 0.2) is 43.0 Å². The van der Waals surface area contributed by atoms with Crippen molar-refractivity contribution in [1.29, 1.82) is 0 Å². The Morgan fingerprint density at radius 2 is 1.76 bits per heavy atom. The summed E-state index contributed by atoms with van der Waals surface area (Å²) >= 11 is 0. The summed E-state index contributed by atoms with van der Waals surface area (Å²) in [5, 5.41) is 19.0. The minimum absolute atomic E-state index is 0.0349. The molecule has 5 rings (SSSR count). The number of hydrogen-bond acceptors (Lipinski definition) is 9. The van der Waals surface area contributed by atoms with Crippen molar-refractivity contribution in [3.05, 3.63) is 48.5 Å². The molecule has 0 aliphatic carbocycles. The molecule has 4 heterocycles. The number of ether oxygens (including phenoxy) is 1. The molecule has 2 atom stereocenters. The molecule has 10 heteroatoms. The highest BCUT2D eigenvalue weighted by Crippen LogP contribution is 2.28. The van der Waals surface area contributed by atoms with Gasteiger partial charge in [0.15, 0.2) is 17.0 Å². The minimum atomic E-state index is -0.297. The number of rotatable bonds is 7. The van der Waals surface area contributed by atoms with Crippen molar-refractivity contribution < 1.29 is 14.9 Å². The Balaban J connectivity index is 1.36. The van der Waals surface area contributed by atoms with Gasteiger partial charge < -0.3 is 19.8 Å². The first-order chi connectivity index (χ1) is 16.2. The number of morpholine rings is 1. The van der Waals surface area contributed by atoms with Gasteiger partial charge in [0.25, 0.3) is 0 Å². The van der Waals surface area contributed by atoms with Crippen LogP contribution >= 0.6 is 0 Å². The quantitative estimate of drug-likeness (QED) is 0.524. The number of fused-ring (bicyclic) bond motifs is 1. The average Bonchev–Trinajstić information content (AvgIpc) is 3.30. The van der Waals surface area contributed by atoms with Gasteiger partial charge >= 0.3 is 0 Å². The van der Waals surface area contributed by atoms with E-state index in [1.807, 2.05) is 22.8 Å². The average molecular weight is 454 g/mol. The molecule has 2 aliphatic heterocycles. The van der Waals surface area contributed by atoms with Crippen LogP contribution in [0.5, 0.6) is 0 Å². The molecule has 0 saturated carbocycles. The number of hydrogen-bond donors (Lipinski definition) is 2. The fourth-order valence-electron chi connectivity index (χ4n) is 4.72. The smallest absolute Gasteiger partial charge is 0.167 e. The zero-order valence-corrected chi connectivity index (χ0v) is 18.7. The Labute approximate surface area is 193 Å². The van der Waals surface area contributed by atoms with Crippen molar-refractivity contribution in [2.45, 2.75) is 18.9 Å². The van der Waals surface area contributed by atoms with Crippen molar-refractivity contribution in [1.82, 2.24) is 29.3 Å². The highest BCUT2D eigenvalue weighted by atomic mass is 16.5. The molecule has 10 nitrogen and oxygen atoms in total. The van der Waals surface area contributed by atoms with E-state index < -0.39 is 0 Å². The number of imidazole rings is 1. The lowest BCUT2D eigenvalue weighted by molar-refractivity contribution is -0.135. The topological polar surface area (TPSA) is 103 Å². The van der Waals surface area contributed by atoms with Gasteiger partial charge in [-0.3, -0.25) is 14.4 Å². The molecular weight excluding hydrogens is 422 g/mol. The van der Waals surface area contributed by atoms with E-state index in [1.54, 1.807) is 12.7 Å². The summed E-state index contributed by atoms with van der Waals surface area (Å²) in [6, 6.07) is 10.3. The van der Waals surface area contributed by atoms with E-state index in [1.165, 1.54) is 5.56 Å². The van der Waals surface area contributed by atoms with Gasteiger partial charge in [0.2, 0.25) is 0 Å². The van der Waals surface area contributed by atoms with Gasteiger partial charge in [0, 0.05) is 52.4 Å². The Hall–Kier alpha value is -2.63. The largest absolute Gasteiger partial charge is 0.395 e. The van der Waals surface area contributed by atoms with E-state index in [-0.39, 0.29) is 25.5 Å². The summed E-state index contributed by atoms with van der Waals surface area (Å²) in [6.07, 6.45) is 2.79. The predicted octanol–water partition coefficient (Wildman–Crippen LogP) is 0.333. The van der Waals surface area contributed by atoms with E-state index >= 15 is 0 Å². The molecule has 0 amide bonds. The second-order valence-electron chi connectivity index (χ2n) is 8.65. The first-order valence-corrected chi connectivity index (χ1v) is 11.5. The molecule has 0 spiro atoms. The number of β-amino-alcohol motifs (C(OH)–C–C–N with tert-alkyl or cyclic N) is 1. The van der Waals surface area contributed by atoms with E-state index in [4.69, 9.17) is 4.74 Å². The zero-order valence-electron chi connectivity index (χ0n) is 18.7. The molecule has 2 aliphatic rings. The highest BCUT2D eigenvalue weighted by Gasteiger charge is 2.30. The van der Waals surface area contributed by atoms with Gasteiger partial charge in [-0.05, 0) is 5.56 Å². The molecule has 1 aromatic carbocycles. The first-order valence-electron chi connectivity index (χ1n) is 11.5. The second kappa shape index (κ2) is 10.1. The van der Waals surface area contributed by atoms with Crippen LogP contribution in [-0.2, 0) is 11.3 Å². The molecule has 3 aromatic rings. The molecule has 33 heavy (non-hydrogen) atoms. The standard InChI is InChI=1S/C23H31N7O3/c31-11-10-27-6-8-29(9-7-27)22-21-23(25-16-24-22)30(17-26-21)20-14-28(13-19(15-32)33-20)12-18-4-2-1-3-5-18/h1-5,16-17,19-20,31-32H,6-15H2/t19-,20+/m0/s1. The number of aliphatic hydroxyl groups is 2. The third kappa shape index (κ3) is 4.85. The Morgan fingerprint density at radius 1 is 0.939 bits per heavy atom. The van der Waals surface area contributed by atoms with Crippen molar-refractivity contribution in [2.24, 2.45) is 0 Å². The van der Waals surface area contributed by atoms with Crippen LogP contribution in [0.1, 0.15) is 11.8 Å². The first kappa shape index (κ1) is 22.2. The summed E-state index contributed by atoms with van der Waals surface area (Å²) in [6.45, 7) is 6.41. The number of anilines is 1. The van der Waals surface area contributed by atoms with Gasteiger partial charge in [-0.1, -0.05) is 30.3 Å². The third-order valence-electron chi connectivity index (χ3n) is 6.42. The number of benzene rings is 1. The normalized spacial score (nSPS) is 22.8. The summed E-state index contributed by atoms with van der Waals surface area (Å²) < 4.78 is 8.17. The lowest BCUT2D eigenvalue weighted by Gasteiger charge is -2.38.